The van der Waals surface area contributed by atoms with Gasteiger partial charge in [0.15, 0.2) is 0 Å². The summed E-state index contributed by atoms with van der Waals surface area (Å²) < 4.78 is 14.1. The molecule has 298 valence electrons. The van der Waals surface area contributed by atoms with Crippen LogP contribution in [0.25, 0.3) is 22.4 Å². The van der Waals surface area contributed by atoms with Crippen LogP contribution in [0.2, 0.25) is 0 Å². The fraction of sp³-hybridized carbons (Fsp3) is 0.0196. The number of hydrogen-bond acceptors (Lipinski definition) is 6. The molecule has 9 rings (SSSR count). The van der Waals surface area contributed by atoms with Crippen molar-refractivity contribution in [2.75, 3.05) is 16.8 Å². The molecule has 1 aliphatic heterocycles. The number of benzene rings is 6. The maximum atomic E-state index is 6.57. The number of hydrogen-bond donors (Lipinski definition) is 0. The summed E-state index contributed by atoms with van der Waals surface area (Å²) in [5.41, 5.74) is 6.86. The van der Waals surface area contributed by atoms with E-state index in [0.717, 1.165) is 39.4 Å². The number of pyridine rings is 1. The molecule has 8 aromatic rings. The molecule has 9 heteroatoms. The third kappa shape index (κ3) is 10.9. The fourth-order valence-corrected chi connectivity index (χ4v) is 6.13. The molecule has 0 unspecified atom stereocenters. The Kier molecular flexibility index (Phi) is 15.0. The molecule has 2 aromatic heterocycles. The van der Waals surface area contributed by atoms with Crippen LogP contribution in [0.1, 0.15) is 0 Å². The van der Waals surface area contributed by atoms with Crippen LogP contribution in [0, 0.1) is 49.5 Å². The van der Waals surface area contributed by atoms with Crippen molar-refractivity contribution in [3.8, 4) is 51.4 Å². The van der Waals surface area contributed by atoms with Crippen molar-refractivity contribution in [2.45, 2.75) is 0 Å². The van der Waals surface area contributed by atoms with Crippen LogP contribution in [0.5, 0.6) is 23.0 Å². The van der Waals surface area contributed by atoms with Crippen LogP contribution in [0.15, 0.2) is 183 Å². The molecule has 6 aromatic carbocycles. The van der Waals surface area contributed by atoms with Gasteiger partial charge in [-0.1, -0.05) is 60.4 Å². The van der Waals surface area contributed by atoms with E-state index in [9.17, 15) is 0 Å². The van der Waals surface area contributed by atoms with Crippen molar-refractivity contribution in [2.24, 2.45) is 0 Å². The Morgan fingerprint density at radius 2 is 1.27 bits per heavy atom. The van der Waals surface area contributed by atoms with E-state index in [1.165, 1.54) is 0 Å². The van der Waals surface area contributed by atoms with Gasteiger partial charge in [0.25, 0.3) is 0 Å². The van der Waals surface area contributed by atoms with Crippen molar-refractivity contribution in [3.05, 3.63) is 226 Å². The van der Waals surface area contributed by atoms with Gasteiger partial charge in [-0.3, -0.25) is 11.1 Å². The minimum atomic E-state index is 0. The Morgan fingerprint density at radius 3 is 1.92 bits per heavy atom. The van der Waals surface area contributed by atoms with Crippen molar-refractivity contribution < 1.29 is 51.6 Å². The van der Waals surface area contributed by atoms with Crippen molar-refractivity contribution in [1.82, 2.24) is 14.5 Å². The average Bonchev–Trinajstić information content (AvgIpc) is 3.98. The maximum absolute atomic E-state index is 6.57. The molecule has 0 saturated heterocycles. The topological polar surface area (TPSA) is 46.0 Å². The molecule has 0 radical (unpaired) electrons. The van der Waals surface area contributed by atoms with E-state index in [1.54, 1.807) is 23.2 Å². The summed E-state index contributed by atoms with van der Waals surface area (Å²) in [7, 11) is 1.98. The molecule has 3 heterocycles. The van der Waals surface area contributed by atoms with Crippen LogP contribution >= 0.6 is 0 Å². The van der Waals surface area contributed by atoms with E-state index >= 15 is 0 Å². The van der Waals surface area contributed by atoms with E-state index in [1.807, 2.05) is 157 Å². The van der Waals surface area contributed by atoms with E-state index < -0.39 is 0 Å². The first-order valence-electron chi connectivity index (χ1n) is 18.4. The van der Waals surface area contributed by atoms with Gasteiger partial charge in [0, 0.05) is 67.8 Å². The molecule has 1 aliphatic rings. The number of nitrogens with zero attached hydrogens (tertiary/aromatic N) is 5. The first kappa shape index (κ1) is 43.0. The second kappa shape index (κ2) is 20.9. The standard InChI is InChI=1S/C45H30N4O2.C6H4N.2Pt/c1-47-25-26-48(33-47)39-18-12-22-43(31-39)51-42-21-11-13-35(28-42)45-30-34(23-24-46-45)36-27-40(32-44(29-36)50-41-19-9-4-10-20-41)49(37-14-5-2-6-15-37)38-16-7-3-8-17-38;1-2-7-5-3-4-6-7;;/h2-19,21-22,24-27,30,32-33H,1H3;3-6H;;/q-6;-1;;+4. The molecular weight excluding hydrogens is 1100 g/mol. The molecule has 60 heavy (non-hydrogen) atoms. The molecule has 0 saturated carbocycles. The SMILES string of the molecule is CN1C=CN(c2[c-]c(Oc3[c-]c(-c4cc(-c5[c-]c(Oc6[c-]cccc6)cc(N(c6ccccc6)c6ccccc6)c5)[c-]cn4)ccc3)ccc2)[CH-]1.[C-]#Cn1cccc1.[Pt+4].[Pt]. The number of ether oxygens (including phenoxy) is 2. The van der Waals surface area contributed by atoms with Crippen LogP contribution in [0.4, 0.5) is 22.7 Å². The Labute approximate surface area is 380 Å². The minimum Gasteiger partial charge on any atom is -0.669 e. The number of aromatic nitrogens is 2. The third-order valence-corrected chi connectivity index (χ3v) is 8.81. The average molecular weight is 1140 g/mol. The summed E-state index contributed by atoms with van der Waals surface area (Å²) in [4.78, 5) is 10.8. The van der Waals surface area contributed by atoms with Gasteiger partial charge in [0.05, 0.1) is 0 Å². The quantitative estimate of drug-likeness (QED) is 0.100. The summed E-state index contributed by atoms with van der Waals surface area (Å²) in [5.74, 6) is 2.28. The molecule has 0 N–H and O–H groups in total. The van der Waals surface area contributed by atoms with Crippen LogP contribution in [0.3, 0.4) is 0 Å². The maximum Gasteiger partial charge on any atom is 4.00 e. The molecule has 0 fully saturated rings. The first-order chi connectivity index (χ1) is 28.6. The molecule has 0 amide bonds. The van der Waals surface area contributed by atoms with Gasteiger partial charge in [-0.15, -0.1) is 59.8 Å². The predicted octanol–water partition coefficient (Wildman–Crippen LogP) is 11.7. The first-order valence-corrected chi connectivity index (χ1v) is 18.4. The number of rotatable bonds is 10. The third-order valence-electron chi connectivity index (χ3n) is 8.81. The second-order valence-corrected chi connectivity index (χ2v) is 12.9. The molecule has 0 aliphatic carbocycles. The molecule has 0 atom stereocenters. The Balaban J connectivity index is 0.000000611. The van der Waals surface area contributed by atoms with Crippen LogP contribution < -0.4 is 19.3 Å². The van der Waals surface area contributed by atoms with E-state index in [-0.39, 0.29) is 42.1 Å². The number of anilines is 4. The van der Waals surface area contributed by atoms with Gasteiger partial charge in [-0.25, -0.2) is 18.2 Å². The predicted molar refractivity (Wildman–Crippen MR) is 228 cm³/mol. The smallest absolute Gasteiger partial charge is 0.669 e. The van der Waals surface area contributed by atoms with E-state index in [0.29, 0.717) is 28.7 Å². The normalized spacial score (nSPS) is 11.3. The van der Waals surface area contributed by atoms with Gasteiger partial charge in [-0.05, 0) is 61.5 Å². The van der Waals surface area contributed by atoms with Gasteiger partial charge >= 0.3 is 21.1 Å². The molecule has 0 bridgehead atoms. The monoisotopic (exact) mass is 1140 g/mol. The summed E-state index contributed by atoms with van der Waals surface area (Å²) in [5, 5.41) is 0. The van der Waals surface area contributed by atoms with Crippen LogP contribution in [-0.4, -0.2) is 21.5 Å². The van der Waals surface area contributed by atoms with Gasteiger partial charge < -0.3 is 40.1 Å². The summed E-state index contributed by atoms with van der Waals surface area (Å²) in [6, 6.07) is 68.3. The van der Waals surface area contributed by atoms with E-state index in [4.69, 9.17) is 15.9 Å². The summed E-state index contributed by atoms with van der Waals surface area (Å²) in [6.45, 7) is 1.97. The molecular formula is C51H34N5O2Pt2-3. The van der Waals surface area contributed by atoms with Gasteiger partial charge in [0.2, 0.25) is 0 Å². The zero-order chi connectivity index (χ0) is 39.5. The molecule has 0 spiro atoms. The van der Waals surface area contributed by atoms with Crippen molar-refractivity contribution in [3.63, 3.8) is 0 Å². The van der Waals surface area contributed by atoms with Gasteiger partial charge in [0.1, 0.15) is 0 Å². The largest absolute Gasteiger partial charge is 4.00 e. The second-order valence-electron chi connectivity index (χ2n) is 12.9. The van der Waals surface area contributed by atoms with Crippen molar-refractivity contribution >= 4 is 22.7 Å². The summed E-state index contributed by atoms with van der Waals surface area (Å²) in [6.07, 6.45) is 15.7. The Morgan fingerprint density at radius 1 is 0.617 bits per heavy atom. The number of para-hydroxylation sites is 3. The minimum absolute atomic E-state index is 0. The Bertz CT molecular complexity index is 2610. The Hall–Kier alpha value is -6.57. The van der Waals surface area contributed by atoms with Crippen molar-refractivity contribution in [1.29, 1.82) is 0 Å². The zero-order valence-corrected chi connectivity index (χ0v) is 36.6. The van der Waals surface area contributed by atoms with E-state index in [2.05, 4.69) is 76.6 Å². The summed E-state index contributed by atoms with van der Waals surface area (Å²) >= 11 is 0. The zero-order valence-electron chi connectivity index (χ0n) is 32.1. The van der Waals surface area contributed by atoms with Crippen LogP contribution in [-0.2, 0) is 42.1 Å². The fourth-order valence-electron chi connectivity index (χ4n) is 6.13. The van der Waals surface area contributed by atoms with Gasteiger partial charge in [-0.2, -0.15) is 43.1 Å². The molecule has 7 nitrogen and oxygen atoms in total.